The van der Waals surface area contributed by atoms with E-state index in [1.165, 1.54) is 0 Å². The molecule has 2 aromatic rings. The van der Waals surface area contributed by atoms with Gasteiger partial charge in [0.15, 0.2) is 0 Å². The van der Waals surface area contributed by atoms with Crippen molar-refractivity contribution in [3.05, 3.63) is 47.1 Å². The number of carbonyl (C=O) groups is 2. The van der Waals surface area contributed by atoms with Gasteiger partial charge in [-0.2, -0.15) is 0 Å². The summed E-state index contributed by atoms with van der Waals surface area (Å²) < 4.78 is 0. The number of hydrogen-bond acceptors (Lipinski definition) is 4. The summed E-state index contributed by atoms with van der Waals surface area (Å²) in [6, 6.07) is 10.7. The van der Waals surface area contributed by atoms with Crippen LogP contribution in [0.15, 0.2) is 36.4 Å². The Morgan fingerprint density at radius 1 is 1.21 bits per heavy atom. The quantitative estimate of drug-likeness (QED) is 0.542. The third-order valence-corrected chi connectivity index (χ3v) is 7.08. The van der Waals surface area contributed by atoms with E-state index in [9.17, 15) is 9.59 Å². The molecule has 1 aromatic heterocycles. The highest BCUT2D eigenvalue weighted by atomic mass is 35.5. The maximum atomic E-state index is 13.8. The van der Waals surface area contributed by atoms with Gasteiger partial charge in [-0.1, -0.05) is 31.5 Å². The minimum absolute atomic E-state index is 0. The summed E-state index contributed by atoms with van der Waals surface area (Å²) in [6.45, 7) is 6.79. The van der Waals surface area contributed by atoms with E-state index < -0.39 is 0 Å². The van der Waals surface area contributed by atoms with Crippen LogP contribution < -0.4 is 15.5 Å². The first kappa shape index (κ1) is 26.3. The highest BCUT2D eigenvalue weighted by Gasteiger charge is 2.39. The molecule has 34 heavy (non-hydrogen) atoms. The number of nitrogens with one attached hydrogen (secondary N) is 2. The first-order valence-corrected chi connectivity index (χ1v) is 11.9. The van der Waals surface area contributed by atoms with Gasteiger partial charge in [0.1, 0.15) is 5.82 Å². The topological polar surface area (TPSA) is 77.6 Å². The summed E-state index contributed by atoms with van der Waals surface area (Å²) in [5.41, 5.74) is 2.49. The van der Waals surface area contributed by atoms with E-state index in [0.29, 0.717) is 34.2 Å². The van der Waals surface area contributed by atoms with Gasteiger partial charge in [-0.05, 0) is 75.4 Å². The van der Waals surface area contributed by atoms with Gasteiger partial charge in [0, 0.05) is 11.1 Å². The van der Waals surface area contributed by atoms with E-state index in [1.807, 2.05) is 23.1 Å². The number of fused-ring (bicyclic) bond motifs is 1. The van der Waals surface area contributed by atoms with Crippen molar-refractivity contribution in [2.45, 2.75) is 65.1 Å². The number of hydrogen-bond donors (Lipinski definition) is 2. The third kappa shape index (κ3) is 5.48. The number of halogens is 2. The SMILES string of the molecule is CNC(C)C(=O)Nc1ccc2c(n1)CN(C1CCC(C)(C)CC1)C(=O)N2c1cccc(Cl)c1.Cl. The van der Waals surface area contributed by atoms with Crippen LogP contribution in [0.1, 0.15) is 52.1 Å². The molecule has 1 fully saturated rings. The second-order valence-corrected chi connectivity index (χ2v) is 10.2. The average Bonchev–Trinajstić information content (AvgIpc) is 2.78. The van der Waals surface area contributed by atoms with Gasteiger partial charge in [-0.25, -0.2) is 9.78 Å². The fourth-order valence-electron chi connectivity index (χ4n) is 4.56. The molecule has 0 bridgehead atoms. The lowest BCUT2D eigenvalue weighted by Crippen LogP contribution is -2.51. The number of likely N-dealkylation sites (N-methyl/N-ethyl adjacent to an activating group) is 1. The number of carbonyl (C=O) groups excluding carboxylic acids is 2. The van der Waals surface area contributed by atoms with Crippen LogP contribution in [-0.4, -0.2) is 41.0 Å². The minimum atomic E-state index is -0.338. The van der Waals surface area contributed by atoms with Gasteiger partial charge < -0.3 is 15.5 Å². The largest absolute Gasteiger partial charge is 0.329 e. The smallest absolute Gasteiger partial charge is 0.315 e. The lowest BCUT2D eigenvalue weighted by Gasteiger charge is -2.44. The molecule has 184 valence electrons. The van der Waals surface area contributed by atoms with Crippen molar-refractivity contribution in [2.24, 2.45) is 5.41 Å². The van der Waals surface area contributed by atoms with Crippen molar-refractivity contribution in [2.75, 3.05) is 17.3 Å². The van der Waals surface area contributed by atoms with Crippen molar-refractivity contribution in [1.29, 1.82) is 0 Å². The van der Waals surface area contributed by atoms with Gasteiger partial charge in [0.2, 0.25) is 5.91 Å². The van der Waals surface area contributed by atoms with Crippen LogP contribution in [0.2, 0.25) is 5.02 Å². The normalized spacial score (nSPS) is 18.7. The molecule has 3 amide bonds. The molecule has 0 radical (unpaired) electrons. The second-order valence-electron chi connectivity index (χ2n) is 9.78. The number of urea groups is 1. The maximum Gasteiger partial charge on any atom is 0.329 e. The zero-order chi connectivity index (χ0) is 23.8. The molecular formula is C25H33Cl2N5O2. The monoisotopic (exact) mass is 505 g/mol. The van der Waals surface area contributed by atoms with Gasteiger partial charge >= 0.3 is 6.03 Å². The molecule has 1 aliphatic carbocycles. The molecule has 2 N–H and O–H groups in total. The highest BCUT2D eigenvalue weighted by Crippen LogP contribution is 2.41. The highest BCUT2D eigenvalue weighted by molar-refractivity contribution is 6.31. The van der Waals surface area contributed by atoms with Crippen LogP contribution in [0.4, 0.5) is 22.0 Å². The van der Waals surface area contributed by atoms with Crippen molar-refractivity contribution < 1.29 is 9.59 Å². The van der Waals surface area contributed by atoms with E-state index in [1.54, 1.807) is 37.1 Å². The van der Waals surface area contributed by atoms with E-state index in [-0.39, 0.29) is 36.4 Å². The number of pyridine rings is 1. The molecule has 1 unspecified atom stereocenters. The number of anilines is 3. The molecule has 2 heterocycles. The predicted octanol–water partition coefficient (Wildman–Crippen LogP) is 5.75. The summed E-state index contributed by atoms with van der Waals surface area (Å²) >= 11 is 6.26. The predicted molar refractivity (Wildman–Crippen MR) is 139 cm³/mol. The van der Waals surface area contributed by atoms with Crippen LogP contribution in [0.5, 0.6) is 0 Å². The van der Waals surface area contributed by atoms with Crippen molar-refractivity contribution in [3.63, 3.8) is 0 Å². The Morgan fingerprint density at radius 2 is 1.91 bits per heavy atom. The fraction of sp³-hybridized carbons (Fsp3) is 0.480. The number of rotatable bonds is 5. The van der Waals surface area contributed by atoms with Crippen LogP contribution in [-0.2, 0) is 11.3 Å². The molecule has 1 saturated carbocycles. The van der Waals surface area contributed by atoms with Crippen molar-refractivity contribution in [1.82, 2.24) is 15.2 Å². The maximum absolute atomic E-state index is 13.8. The molecule has 2 aliphatic rings. The average molecular weight is 506 g/mol. The zero-order valence-electron chi connectivity index (χ0n) is 20.1. The Labute approximate surface area is 212 Å². The first-order valence-electron chi connectivity index (χ1n) is 11.5. The van der Waals surface area contributed by atoms with Crippen LogP contribution in [0.3, 0.4) is 0 Å². The standard InChI is InChI=1S/C25H32ClN5O2.ClH/c1-16(27-4)23(32)29-22-9-8-21-20(28-22)15-30(18-10-12-25(2,3)13-11-18)24(33)31(21)19-7-5-6-17(26)14-19;/h5-9,14,16,18,27H,10-13,15H2,1-4H3,(H,28,29,32);1H. The van der Waals surface area contributed by atoms with Gasteiger partial charge in [0.05, 0.1) is 29.7 Å². The Bertz CT molecular complexity index is 1050. The number of benzene rings is 1. The lowest BCUT2D eigenvalue weighted by atomic mass is 9.75. The molecular weight excluding hydrogens is 473 g/mol. The summed E-state index contributed by atoms with van der Waals surface area (Å²) in [6.07, 6.45) is 4.09. The van der Waals surface area contributed by atoms with Crippen LogP contribution in [0, 0.1) is 5.41 Å². The van der Waals surface area contributed by atoms with Crippen molar-refractivity contribution in [3.8, 4) is 0 Å². The summed E-state index contributed by atoms with van der Waals surface area (Å²) in [5.74, 6) is 0.320. The molecule has 1 aliphatic heterocycles. The fourth-order valence-corrected chi connectivity index (χ4v) is 4.74. The van der Waals surface area contributed by atoms with Gasteiger partial charge in [-0.15, -0.1) is 12.4 Å². The first-order chi connectivity index (χ1) is 15.7. The number of amides is 3. The molecule has 7 nitrogen and oxygen atoms in total. The number of aromatic nitrogens is 1. The Balaban J connectivity index is 0.00000324. The summed E-state index contributed by atoms with van der Waals surface area (Å²) in [5, 5.41) is 6.36. The molecule has 1 atom stereocenters. The molecule has 9 heteroatoms. The van der Waals surface area contributed by atoms with E-state index in [2.05, 4.69) is 24.5 Å². The minimum Gasteiger partial charge on any atom is -0.315 e. The third-order valence-electron chi connectivity index (χ3n) is 6.84. The van der Waals surface area contributed by atoms with Crippen LogP contribution >= 0.6 is 24.0 Å². The zero-order valence-corrected chi connectivity index (χ0v) is 21.7. The molecule has 0 spiro atoms. The summed E-state index contributed by atoms with van der Waals surface area (Å²) in [4.78, 5) is 34.5. The Kier molecular flexibility index (Phi) is 8.11. The summed E-state index contributed by atoms with van der Waals surface area (Å²) in [7, 11) is 1.74. The molecule has 4 rings (SSSR count). The Hall–Kier alpha value is -2.35. The van der Waals surface area contributed by atoms with Crippen LogP contribution in [0.25, 0.3) is 0 Å². The molecule has 1 aromatic carbocycles. The van der Waals surface area contributed by atoms with Gasteiger partial charge in [0.25, 0.3) is 0 Å². The van der Waals surface area contributed by atoms with E-state index in [0.717, 1.165) is 31.4 Å². The Morgan fingerprint density at radius 3 is 2.56 bits per heavy atom. The number of nitrogens with zero attached hydrogens (tertiary/aromatic N) is 3. The van der Waals surface area contributed by atoms with E-state index >= 15 is 0 Å². The second kappa shape index (κ2) is 10.5. The molecule has 0 saturated heterocycles. The van der Waals surface area contributed by atoms with Crippen molar-refractivity contribution >= 4 is 53.1 Å². The van der Waals surface area contributed by atoms with Gasteiger partial charge in [-0.3, -0.25) is 9.69 Å². The lowest BCUT2D eigenvalue weighted by molar-refractivity contribution is -0.117. The van der Waals surface area contributed by atoms with E-state index in [4.69, 9.17) is 16.6 Å².